The maximum absolute atomic E-state index is 10.7. The van der Waals surface area contributed by atoms with Gasteiger partial charge in [0.25, 0.3) is 0 Å². The zero-order valence-corrected chi connectivity index (χ0v) is 21.5. The number of unbranched alkanes of at least 4 members (excludes halogenated alkanes) is 1. The molecule has 1 aliphatic heterocycles. The number of aryl methyl sites for hydroxylation is 1. The van der Waals surface area contributed by atoms with Crippen molar-refractivity contribution < 1.29 is 9.90 Å². The molecule has 1 saturated heterocycles. The number of rotatable bonds is 9. The monoisotopic (exact) mass is 511 g/mol. The molecule has 38 heavy (non-hydrogen) atoms. The molecule has 9 nitrogen and oxygen atoms in total. The van der Waals surface area contributed by atoms with Gasteiger partial charge < -0.3 is 15.3 Å². The smallest absolute Gasteiger partial charge is 0.303 e. The lowest BCUT2D eigenvalue weighted by atomic mass is 10.1. The molecule has 6 rings (SSSR count). The molecule has 196 valence electrons. The highest BCUT2D eigenvalue weighted by molar-refractivity contribution is 5.75. The first-order valence-corrected chi connectivity index (χ1v) is 13.5. The normalized spacial score (nSPS) is 17.6. The van der Waals surface area contributed by atoms with Crippen LogP contribution in [0.4, 0.5) is 17.3 Å². The van der Waals surface area contributed by atoms with Gasteiger partial charge in [-0.05, 0) is 67.6 Å². The van der Waals surface area contributed by atoms with Crippen molar-refractivity contribution in [1.82, 2.24) is 24.6 Å². The second-order valence-electron chi connectivity index (χ2n) is 10.2. The zero-order chi connectivity index (χ0) is 25.9. The predicted octanol–water partition coefficient (Wildman–Crippen LogP) is 4.48. The largest absolute Gasteiger partial charge is 0.481 e. The topological polar surface area (TPSA) is 99.4 Å². The van der Waals surface area contributed by atoms with Gasteiger partial charge in [0, 0.05) is 50.2 Å². The van der Waals surface area contributed by atoms with Gasteiger partial charge in [-0.1, -0.05) is 24.3 Å². The van der Waals surface area contributed by atoms with Crippen molar-refractivity contribution in [1.29, 1.82) is 0 Å². The Morgan fingerprint density at radius 2 is 1.82 bits per heavy atom. The first-order chi connectivity index (χ1) is 18.6. The first-order valence-electron chi connectivity index (χ1n) is 13.5. The van der Waals surface area contributed by atoms with Gasteiger partial charge in [0.05, 0.1) is 17.6 Å². The average Bonchev–Trinajstić information content (AvgIpc) is 3.55. The van der Waals surface area contributed by atoms with E-state index < -0.39 is 5.97 Å². The Morgan fingerprint density at radius 1 is 1.00 bits per heavy atom. The number of fused-ring (bicyclic) bond motifs is 2. The highest BCUT2D eigenvalue weighted by Gasteiger charge is 2.26. The second-order valence-corrected chi connectivity index (χ2v) is 10.2. The summed E-state index contributed by atoms with van der Waals surface area (Å²) in [7, 11) is 0. The molecule has 0 amide bonds. The highest BCUT2D eigenvalue weighted by atomic mass is 16.4. The van der Waals surface area contributed by atoms with Crippen LogP contribution in [0.25, 0.3) is 11.0 Å². The third-order valence-corrected chi connectivity index (χ3v) is 7.71. The van der Waals surface area contributed by atoms with Gasteiger partial charge in [-0.2, -0.15) is 10.1 Å². The Labute approximate surface area is 222 Å². The summed E-state index contributed by atoms with van der Waals surface area (Å²) in [6, 6.07) is 17.2. The molecule has 3 heterocycles. The summed E-state index contributed by atoms with van der Waals surface area (Å²) >= 11 is 0. The average molecular weight is 512 g/mol. The Hall–Kier alpha value is -3.98. The molecule has 0 saturated carbocycles. The molecule has 1 unspecified atom stereocenters. The van der Waals surface area contributed by atoms with Crippen molar-refractivity contribution >= 4 is 34.3 Å². The fraction of sp³-hybridized carbons (Fsp3) is 0.379. The van der Waals surface area contributed by atoms with Crippen LogP contribution in [-0.2, 0) is 11.2 Å². The maximum atomic E-state index is 10.7. The zero-order valence-electron chi connectivity index (χ0n) is 21.5. The minimum absolute atomic E-state index is 0.205. The van der Waals surface area contributed by atoms with Crippen molar-refractivity contribution in [3.05, 3.63) is 72.1 Å². The van der Waals surface area contributed by atoms with E-state index in [0.717, 1.165) is 75.1 Å². The first kappa shape index (κ1) is 24.4. The molecule has 4 aromatic rings. The standard InChI is InChI=1S/C29H33N7O2/c37-27(38)7-3-4-14-34-15-17-35(18-16-34)24-11-9-23(10-12-24)32-29-30-19-22-20-31-36(28(22)33-29)26-13-8-21-5-1-2-6-25(21)26/h1-2,5-6,9-12,19-20,26H,3-4,7-8,13-18H2,(H,37,38)(H,30,32,33). The summed E-state index contributed by atoms with van der Waals surface area (Å²) in [6.45, 7) is 4.92. The lowest BCUT2D eigenvalue weighted by Crippen LogP contribution is -2.46. The van der Waals surface area contributed by atoms with Crippen molar-refractivity contribution in [3.8, 4) is 0 Å². The predicted molar refractivity (Wildman–Crippen MR) is 148 cm³/mol. The van der Waals surface area contributed by atoms with Crippen LogP contribution < -0.4 is 10.2 Å². The van der Waals surface area contributed by atoms with Gasteiger partial charge in [0.2, 0.25) is 5.95 Å². The summed E-state index contributed by atoms with van der Waals surface area (Å²) in [6.07, 6.45) is 7.73. The van der Waals surface area contributed by atoms with Crippen molar-refractivity contribution in [3.63, 3.8) is 0 Å². The number of anilines is 3. The fourth-order valence-corrected chi connectivity index (χ4v) is 5.64. The van der Waals surface area contributed by atoms with E-state index in [4.69, 9.17) is 10.1 Å². The van der Waals surface area contributed by atoms with E-state index in [-0.39, 0.29) is 12.5 Å². The van der Waals surface area contributed by atoms with Crippen molar-refractivity contribution in [2.24, 2.45) is 0 Å². The molecule has 0 spiro atoms. The number of piperazine rings is 1. The molecule has 9 heteroatoms. The van der Waals surface area contributed by atoms with Crippen LogP contribution in [0, 0.1) is 0 Å². The Balaban J connectivity index is 1.08. The molecule has 1 aliphatic carbocycles. The van der Waals surface area contributed by atoms with E-state index >= 15 is 0 Å². The summed E-state index contributed by atoms with van der Waals surface area (Å²) in [4.78, 5) is 24.9. The van der Waals surface area contributed by atoms with Crippen molar-refractivity contribution in [2.75, 3.05) is 42.9 Å². The van der Waals surface area contributed by atoms with Gasteiger partial charge >= 0.3 is 5.97 Å². The van der Waals surface area contributed by atoms with Crippen LogP contribution >= 0.6 is 0 Å². The number of aliphatic carboxylic acids is 1. The summed E-state index contributed by atoms with van der Waals surface area (Å²) in [5.74, 6) is -0.142. The van der Waals surface area contributed by atoms with Gasteiger partial charge in [0.1, 0.15) is 0 Å². The van der Waals surface area contributed by atoms with Crippen LogP contribution in [0.15, 0.2) is 60.9 Å². The molecule has 0 radical (unpaired) electrons. The maximum Gasteiger partial charge on any atom is 0.303 e. The SMILES string of the molecule is O=C(O)CCCCN1CCN(c2ccc(Nc3ncc4cnn(C5CCc6ccccc65)c4n3)cc2)CC1. The lowest BCUT2D eigenvalue weighted by Gasteiger charge is -2.36. The number of hydrogen-bond donors (Lipinski definition) is 2. The van der Waals surface area contributed by atoms with Crippen LogP contribution in [0.2, 0.25) is 0 Å². The third kappa shape index (κ3) is 5.19. The van der Waals surface area contributed by atoms with Gasteiger partial charge in [-0.15, -0.1) is 0 Å². The number of hydrogen-bond acceptors (Lipinski definition) is 7. The van der Waals surface area contributed by atoms with Crippen LogP contribution in [-0.4, -0.2) is 68.4 Å². The minimum Gasteiger partial charge on any atom is -0.481 e. The van der Waals surface area contributed by atoms with E-state index in [1.54, 1.807) is 0 Å². The van der Waals surface area contributed by atoms with Gasteiger partial charge in [0.15, 0.2) is 5.65 Å². The van der Waals surface area contributed by atoms with Gasteiger partial charge in [-0.25, -0.2) is 9.67 Å². The number of aromatic nitrogens is 4. The summed E-state index contributed by atoms with van der Waals surface area (Å²) in [5, 5.41) is 17.8. The Kier molecular flexibility index (Phi) is 6.92. The van der Waals surface area contributed by atoms with Crippen molar-refractivity contribution in [2.45, 2.75) is 38.1 Å². The van der Waals surface area contributed by atoms with Crippen LogP contribution in [0.5, 0.6) is 0 Å². The number of nitrogens with zero attached hydrogens (tertiary/aromatic N) is 6. The molecule has 2 aromatic carbocycles. The number of nitrogens with one attached hydrogen (secondary N) is 1. The van der Waals surface area contributed by atoms with Crippen LogP contribution in [0.3, 0.4) is 0 Å². The molecule has 2 aromatic heterocycles. The highest BCUT2D eigenvalue weighted by Crippen LogP contribution is 2.35. The fourth-order valence-electron chi connectivity index (χ4n) is 5.64. The number of carboxylic acid groups (broad SMARTS) is 1. The number of benzene rings is 2. The molecule has 0 bridgehead atoms. The van der Waals surface area contributed by atoms with E-state index in [9.17, 15) is 4.79 Å². The molecule has 1 atom stereocenters. The quantitative estimate of drug-likeness (QED) is 0.317. The van der Waals surface area contributed by atoms with E-state index in [2.05, 4.69) is 73.7 Å². The number of carbonyl (C=O) groups is 1. The number of carboxylic acids is 1. The minimum atomic E-state index is -0.707. The molecule has 2 N–H and O–H groups in total. The molecular formula is C29H33N7O2. The molecular weight excluding hydrogens is 478 g/mol. The van der Waals surface area contributed by atoms with E-state index in [1.165, 1.54) is 16.8 Å². The molecule has 2 aliphatic rings. The van der Waals surface area contributed by atoms with Crippen LogP contribution in [0.1, 0.15) is 42.9 Å². The third-order valence-electron chi connectivity index (χ3n) is 7.71. The second kappa shape index (κ2) is 10.8. The lowest BCUT2D eigenvalue weighted by molar-refractivity contribution is -0.137. The Bertz CT molecular complexity index is 1410. The van der Waals surface area contributed by atoms with Gasteiger partial charge in [-0.3, -0.25) is 9.69 Å². The summed E-state index contributed by atoms with van der Waals surface area (Å²) < 4.78 is 2.04. The summed E-state index contributed by atoms with van der Waals surface area (Å²) in [5.41, 5.74) is 5.73. The Morgan fingerprint density at radius 3 is 2.63 bits per heavy atom. The van der Waals surface area contributed by atoms with E-state index in [0.29, 0.717) is 5.95 Å². The van der Waals surface area contributed by atoms with E-state index in [1.807, 2.05) is 17.1 Å². The molecule has 1 fully saturated rings.